The van der Waals surface area contributed by atoms with E-state index in [9.17, 15) is 43.2 Å². The van der Waals surface area contributed by atoms with Crippen LogP contribution in [0.1, 0.15) is 427 Å². The SMILES string of the molecule is CCCCCCCCCCCCCCCCCCCCC(=O)OC[C@H](COP(=O)(O)OC[C@@H](O)COP(=O)(O)OC[C@@H](COC(=O)CCCCCCCCCC)OC(=O)CCCCCCCCCCCCCCC(C)C)OC(=O)CCCCCCCCCCCCCCCCCCC(C)C. The predicted octanol–water partition coefficient (Wildman–Crippen LogP) is 24.3. The van der Waals surface area contributed by atoms with E-state index in [1.165, 1.54) is 238 Å². The summed E-state index contributed by atoms with van der Waals surface area (Å²) in [5.41, 5.74) is 0. The Morgan fingerprint density at radius 1 is 0.270 bits per heavy atom. The van der Waals surface area contributed by atoms with Crippen molar-refractivity contribution in [2.24, 2.45) is 11.8 Å². The summed E-state index contributed by atoms with van der Waals surface area (Å²) in [5, 5.41) is 10.6. The maximum Gasteiger partial charge on any atom is 0.472 e. The zero-order valence-corrected chi connectivity index (χ0v) is 67.3. The van der Waals surface area contributed by atoms with Gasteiger partial charge >= 0.3 is 39.5 Å². The number of carbonyl (C=O) groups is 4. The molecular formula is C81H158O17P2. The number of phosphoric acid groups is 2. The standard InChI is InChI=1S/C81H158O17P2/c1-7-9-11-13-15-17-18-19-20-21-22-26-29-35-40-46-52-58-64-79(84)92-70-77(98-80(85)65-59-53-47-41-36-30-27-24-23-25-28-33-38-43-49-55-61-73(3)4)72-96-100(89,90)94-68-75(82)67-93-99(87,88)95-71-76(69-91-78(83)63-57-51-45-16-14-12-10-8-2)97-81(86)66-60-54-48-42-37-32-31-34-39-44-50-56-62-74(5)6/h73-77,82H,7-72H2,1-6H3,(H,87,88)(H,89,90)/t75-,76+,77+/m0/s1. The van der Waals surface area contributed by atoms with Gasteiger partial charge in [0.2, 0.25) is 0 Å². The Hall–Kier alpha value is -1.94. The lowest BCUT2D eigenvalue weighted by molar-refractivity contribution is -0.161. The van der Waals surface area contributed by atoms with Crippen molar-refractivity contribution in [3.8, 4) is 0 Å². The van der Waals surface area contributed by atoms with Crippen LogP contribution in [0.15, 0.2) is 0 Å². The van der Waals surface area contributed by atoms with E-state index in [-0.39, 0.29) is 25.7 Å². The topological polar surface area (TPSA) is 237 Å². The molecule has 0 rings (SSSR count). The Morgan fingerprint density at radius 2 is 0.460 bits per heavy atom. The van der Waals surface area contributed by atoms with E-state index in [4.69, 9.17) is 37.0 Å². The molecule has 0 fully saturated rings. The summed E-state index contributed by atoms with van der Waals surface area (Å²) in [6.45, 7) is 9.65. The summed E-state index contributed by atoms with van der Waals surface area (Å²) < 4.78 is 68.7. The molecule has 0 aliphatic rings. The molecule has 594 valence electrons. The van der Waals surface area contributed by atoms with Gasteiger partial charge < -0.3 is 33.8 Å². The molecule has 100 heavy (non-hydrogen) atoms. The zero-order chi connectivity index (χ0) is 73.5. The van der Waals surface area contributed by atoms with Gasteiger partial charge in [-0.15, -0.1) is 0 Å². The molecule has 0 aromatic carbocycles. The number of aliphatic hydroxyl groups is 1. The van der Waals surface area contributed by atoms with Gasteiger partial charge in [-0.3, -0.25) is 37.3 Å². The number of unbranched alkanes of at least 4 members (excludes halogenated alkanes) is 50. The van der Waals surface area contributed by atoms with Crippen molar-refractivity contribution in [2.75, 3.05) is 39.6 Å². The molecule has 2 unspecified atom stereocenters. The molecule has 0 aromatic heterocycles. The summed E-state index contributed by atoms with van der Waals surface area (Å²) in [7, 11) is -9.92. The van der Waals surface area contributed by atoms with Gasteiger partial charge in [0.05, 0.1) is 26.4 Å². The largest absolute Gasteiger partial charge is 0.472 e. The van der Waals surface area contributed by atoms with Gasteiger partial charge in [0, 0.05) is 25.7 Å². The lowest BCUT2D eigenvalue weighted by Gasteiger charge is -2.21. The second-order valence-corrected chi connectivity index (χ2v) is 33.0. The van der Waals surface area contributed by atoms with Crippen LogP contribution in [0.5, 0.6) is 0 Å². The van der Waals surface area contributed by atoms with Crippen molar-refractivity contribution >= 4 is 39.5 Å². The van der Waals surface area contributed by atoms with Gasteiger partial charge in [-0.2, -0.15) is 0 Å². The summed E-state index contributed by atoms with van der Waals surface area (Å²) in [6.07, 6.45) is 62.5. The Labute approximate surface area is 613 Å². The maximum absolute atomic E-state index is 13.1. The Balaban J connectivity index is 5.20. The van der Waals surface area contributed by atoms with E-state index >= 15 is 0 Å². The molecule has 0 aliphatic heterocycles. The summed E-state index contributed by atoms with van der Waals surface area (Å²) in [4.78, 5) is 72.9. The summed E-state index contributed by atoms with van der Waals surface area (Å²) in [6, 6.07) is 0. The molecule has 5 atom stereocenters. The van der Waals surface area contributed by atoms with Crippen molar-refractivity contribution in [3.63, 3.8) is 0 Å². The van der Waals surface area contributed by atoms with E-state index in [1.54, 1.807) is 0 Å². The number of esters is 4. The molecule has 0 saturated carbocycles. The highest BCUT2D eigenvalue weighted by atomic mass is 31.2. The third kappa shape index (κ3) is 74.3. The van der Waals surface area contributed by atoms with Crippen LogP contribution in [0, 0.1) is 11.8 Å². The predicted molar refractivity (Wildman–Crippen MR) is 409 cm³/mol. The molecule has 17 nitrogen and oxygen atoms in total. The third-order valence-electron chi connectivity index (χ3n) is 19.0. The quantitative estimate of drug-likeness (QED) is 0.0222. The maximum atomic E-state index is 13.1. The lowest BCUT2D eigenvalue weighted by atomic mass is 10.0. The fourth-order valence-electron chi connectivity index (χ4n) is 12.5. The van der Waals surface area contributed by atoms with Crippen molar-refractivity contribution in [3.05, 3.63) is 0 Å². The molecule has 0 aromatic rings. The van der Waals surface area contributed by atoms with Gasteiger partial charge in [0.1, 0.15) is 19.3 Å². The van der Waals surface area contributed by atoms with Gasteiger partial charge in [0.25, 0.3) is 0 Å². The Morgan fingerprint density at radius 3 is 0.680 bits per heavy atom. The fourth-order valence-corrected chi connectivity index (χ4v) is 14.1. The lowest BCUT2D eigenvalue weighted by Crippen LogP contribution is -2.30. The van der Waals surface area contributed by atoms with Crippen molar-refractivity contribution in [1.82, 2.24) is 0 Å². The minimum Gasteiger partial charge on any atom is -0.462 e. The van der Waals surface area contributed by atoms with Gasteiger partial charge in [-0.25, -0.2) is 9.13 Å². The van der Waals surface area contributed by atoms with Crippen molar-refractivity contribution in [1.29, 1.82) is 0 Å². The highest BCUT2D eigenvalue weighted by Gasteiger charge is 2.30. The number of hydrogen-bond donors (Lipinski definition) is 3. The fraction of sp³-hybridized carbons (Fsp3) is 0.951. The van der Waals surface area contributed by atoms with Gasteiger partial charge in [-0.05, 0) is 37.5 Å². The van der Waals surface area contributed by atoms with Crippen LogP contribution in [-0.2, 0) is 65.4 Å². The minimum absolute atomic E-state index is 0.107. The van der Waals surface area contributed by atoms with E-state index in [0.717, 1.165) is 108 Å². The molecule has 0 heterocycles. The third-order valence-corrected chi connectivity index (χ3v) is 20.9. The van der Waals surface area contributed by atoms with Crippen LogP contribution in [0.2, 0.25) is 0 Å². The first-order valence-electron chi connectivity index (χ1n) is 42.0. The van der Waals surface area contributed by atoms with Crippen molar-refractivity contribution in [2.45, 2.75) is 445 Å². The first-order chi connectivity index (χ1) is 48.4. The molecule has 0 saturated heterocycles. The van der Waals surface area contributed by atoms with Gasteiger partial charge in [-0.1, -0.05) is 375 Å². The van der Waals surface area contributed by atoms with Crippen LogP contribution in [0.3, 0.4) is 0 Å². The first-order valence-corrected chi connectivity index (χ1v) is 45.0. The van der Waals surface area contributed by atoms with E-state index in [1.807, 2.05) is 0 Å². The zero-order valence-electron chi connectivity index (χ0n) is 65.5. The van der Waals surface area contributed by atoms with E-state index < -0.39 is 97.5 Å². The van der Waals surface area contributed by atoms with Crippen LogP contribution in [-0.4, -0.2) is 96.7 Å². The van der Waals surface area contributed by atoms with Gasteiger partial charge in [0.15, 0.2) is 12.2 Å². The Kier molecular flexibility index (Phi) is 71.2. The normalized spacial score (nSPS) is 13.9. The van der Waals surface area contributed by atoms with Crippen LogP contribution in [0.4, 0.5) is 0 Å². The molecule has 0 amide bonds. The monoisotopic (exact) mass is 1470 g/mol. The minimum atomic E-state index is -4.96. The average Bonchev–Trinajstić information content (AvgIpc) is 0.965. The van der Waals surface area contributed by atoms with Crippen LogP contribution >= 0.6 is 15.6 Å². The van der Waals surface area contributed by atoms with E-state index in [0.29, 0.717) is 25.7 Å². The van der Waals surface area contributed by atoms with Crippen LogP contribution < -0.4 is 0 Å². The number of aliphatic hydroxyl groups excluding tert-OH is 1. The molecule has 0 aliphatic carbocycles. The summed E-state index contributed by atoms with van der Waals surface area (Å²) in [5.74, 6) is -0.524. The number of rotatable bonds is 80. The molecular weight excluding hydrogens is 1310 g/mol. The molecule has 19 heteroatoms. The molecule has 0 radical (unpaired) electrons. The number of phosphoric ester groups is 2. The first kappa shape index (κ1) is 98.1. The highest BCUT2D eigenvalue weighted by molar-refractivity contribution is 7.47. The Bertz CT molecular complexity index is 1920. The smallest absolute Gasteiger partial charge is 0.462 e. The molecule has 3 N–H and O–H groups in total. The summed E-state index contributed by atoms with van der Waals surface area (Å²) >= 11 is 0. The van der Waals surface area contributed by atoms with Crippen LogP contribution in [0.25, 0.3) is 0 Å². The van der Waals surface area contributed by atoms with E-state index in [2.05, 4.69) is 41.5 Å². The number of ether oxygens (including phenoxy) is 4. The number of hydrogen-bond acceptors (Lipinski definition) is 15. The molecule has 0 bridgehead atoms. The van der Waals surface area contributed by atoms with Crippen molar-refractivity contribution < 1.29 is 80.2 Å². The second kappa shape index (κ2) is 72.6. The number of carbonyl (C=O) groups excluding carboxylic acids is 4. The molecule has 0 spiro atoms. The highest BCUT2D eigenvalue weighted by Crippen LogP contribution is 2.45. The second-order valence-electron chi connectivity index (χ2n) is 30.1. The average molecular weight is 1470 g/mol.